The van der Waals surface area contributed by atoms with Crippen LogP contribution in [0.5, 0.6) is 0 Å². The summed E-state index contributed by atoms with van der Waals surface area (Å²) in [5.74, 6) is 1.90. The Morgan fingerprint density at radius 1 is 1.44 bits per heavy atom. The number of hydrogen-bond donors (Lipinski definition) is 2. The highest BCUT2D eigenvalue weighted by Crippen LogP contribution is 2.48. The molecular weight excluding hydrogens is 230 g/mol. The Balaban J connectivity index is 1.60. The molecule has 0 aliphatic heterocycles. The fourth-order valence-corrected chi connectivity index (χ4v) is 3.41. The van der Waals surface area contributed by atoms with E-state index in [-0.39, 0.29) is 5.69 Å². The molecule has 2 aliphatic rings. The summed E-state index contributed by atoms with van der Waals surface area (Å²) < 4.78 is 0. The predicted octanol–water partition coefficient (Wildman–Crippen LogP) is 2.02. The van der Waals surface area contributed by atoms with E-state index in [1.807, 2.05) is 0 Å². The molecule has 3 unspecified atom stereocenters. The minimum Gasteiger partial charge on any atom is -0.477 e. The van der Waals surface area contributed by atoms with Gasteiger partial charge >= 0.3 is 5.97 Å². The van der Waals surface area contributed by atoms with Crippen LogP contribution in [0, 0.1) is 17.8 Å². The lowest BCUT2D eigenvalue weighted by Crippen LogP contribution is -2.21. The molecule has 0 aromatic carbocycles. The van der Waals surface area contributed by atoms with Crippen molar-refractivity contribution >= 4 is 11.9 Å². The van der Waals surface area contributed by atoms with Gasteiger partial charge in [0.05, 0.1) is 0 Å². The van der Waals surface area contributed by atoms with Gasteiger partial charge in [-0.3, -0.25) is 0 Å². The Morgan fingerprint density at radius 2 is 2.33 bits per heavy atom. The lowest BCUT2D eigenvalue weighted by Gasteiger charge is -2.21. The maximum atomic E-state index is 10.8. The Labute approximate surface area is 106 Å². The molecule has 0 saturated heterocycles. The Morgan fingerprint density at radius 3 is 3.00 bits per heavy atom. The van der Waals surface area contributed by atoms with Crippen LogP contribution in [0.15, 0.2) is 12.3 Å². The van der Waals surface area contributed by atoms with Crippen molar-refractivity contribution in [1.82, 2.24) is 9.97 Å². The molecule has 5 heteroatoms. The number of carboxylic acids is 1. The Bertz CT molecular complexity index is 463. The van der Waals surface area contributed by atoms with Crippen molar-refractivity contribution in [2.45, 2.75) is 25.7 Å². The van der Waals surface area contributed by atoms with Crippen LogP contribution >= 0.6 is 0 Å². The third-order valence-electron chi connectivity index (χ3n) is 4.28. The van der Waals surface area contributed by atoms with Crippen molar-refractivity contribution in [3.05, 3.63) is 18.0 Å². The van der Waals surface area contributed by atoms with Gasteiger partial charge in [-0.25, -0.2) is 14.8 Å². The second-order valence-electron chi connectivity index (χ2n) is 5.39. The van der Waals surface area contributed by atoms with Crippen LogP contribution in [0.25, 0.3) is 0 Å². The molecule has 2 bridgehead atoms. The van der Waals surface area contributed by atoms with Gasteiger partial charge in [0.1, 0.15) is 0 Å². The number of fused-ring (bicyclic) bond motifs is 2. The molecule has 1 heterocycles. The van der Waals surface area contributed by atoms with E-state index >= 15 is 0 Å². The van der Waals surface area contributed by atoms with Gasteiger partial charge in [-0.2, -0.15) is 0 Å². The predicted molar refractivity (Wildman–Crippen MR) is 66.4 cm³/mol. The summed E-state index contributed by atoms with van der Waals surface area (Å²) in [6.45, 7) is 0.865. The number of nitrogens with one attached hydrogen (secondary N) is 1. The summed E-state index contributed by atoms with van der Waals surface area (Å²) in [6.07, 6.45) is 6.91. The van der Waals surface area contributed by atoms with E-state index in [0.717, 1.165) is 18.4 Å². The van der Waals surface area contributed by atoms with Crippen molar-refractivity contribution in [2.75, 3.05) is 11.9 Å². The molecule has 2 N–H and O–H groups in total. The molecule has 1 aromatic rings. The van der Waals surface area contributed by atoms with Crippen molar-refractivity contribution < 1.29 is 9.90 Å². The number of carboxylic acid groups (broad SMARTS) is 1. The van der Waals surface area contributed by atoms with Crippen LogP contribution in [0.2, 0.25) is 0 Å². The number of aromatic nitrogens is 2. The largest absolute Gasteiger partial charge is 0.477 e. The summed E-state index contributed by atoms with van der Waals surface area (Å²) >= 11 is 0. The van der Waals surface area contributed by atoms with E-state index in [4.69, 9.17) is 5.11 Å². The van der Waals surface area contributed by atoms with Crippen LogP contribution in [-0.4, -0.2) is 27.6 Å². The van der Waals surface area contributed by atoms with Gasteiger partial charge in [0.2, 0.25) is 5.95 Å². The third kappa shape index (κ3) is 2.17. The van der Waals surface area contributed by atoms with Crippen LogP contribution in [-0.2, 0) is 0 Å². The zero-order chi connectivity index (χ0) is 12.5. The molecule has 0 spiro atoms. The van der Waals surface area contributed by atoms with Gasteiger partial charge in [-0.1, -0.05) is 6.42 Å². The van der Waals surface area contributed by atoms with Crippen molar-refractivity contribution in [3.63, 3.8) is 0 Å². The van der Waals surface area contributed by atoms with E-state index in [9.17, 15) is 4.79 Å². The Kier molecular flexibility index (Phi) is 2.89. The van der Waals surface area contributed by atoms with Crippen LogP contribution in [0.1, 0.15) is 36.2 Å². The monoisotopic (exact) mass is 247 g/mol. The van der Waals surface area contributed by atoms with Crippen molar-refractivity contribution in [1.29, 1.82) is 0 Å². The highest BCUT2D eigenvalue weighted by molar-refractivity contribution is 5.85. The molecule has 2 saturated carbocycles. The van der Waals surface area contributed by atoms with Crippen molar-refractivity contribution in [3.8, 4) is 0 Å². The fourth-order valence-electron chi connectivity index (χ4n) is 3.41. The minimum atomic E-state index is -1.01. The van der Waals surface area contributed by atoms with Crippen LogP contribution < -0.4 is 5.32 Å². The molecule has 0 amide bonds. The molecule has 18 heavy (non-hydrogen) atoms. The van der Waals surface area contributed by atoms with E-state index in [0.29, 0.717) is 11.9 Å². The standard InChI is InChI=1S/C13H17N3O2/c17-12(18)11-3-4-14-13(16-11)15-7-10-6-8-1-2-9(10)5-8/h3-4,8-10H,1-2,5-7H2,(H,17,18)(H,14,15,16). The zero-order valence-electron chi connectivity index (χ0n) is 10.2. The fraction of sp³-hybridized carbons (Fsp3) is 0.615. The average molecular weight is 247 g/mol. The molecule has 2 aliphatic carbocycles. The first-order valence-electron chi connectivity index (χ1n) is 6.52. The van der Waals surface area contributed by atoms with Gasteiger partial charge in [-0.15, -0.1) is 0 Å². The first-order chi connectivity index (χ1) is 8.72. The number of anilines is 1. The SMILES string of the molecule is O=C(O)c1ccnc(NCC2CC3CCC2C3)n1. The molecule has 96 valence electrons. The lowest BCUT2D eigenvalue weighted by atomic mass is 9.89. The second-order valence-corrected chi connectivity index (χ2v) is 5.39. The van der Waals surface area contributed by atoms with Gasteiger partial charge in [0, 0.05) is 12.7 Å². The summed E-state index contributed by atoms with van der Waals surface area (Å²) in [6, 6.07) is 1.41. The lowest BCUT2D eigenvalue weighted by molar-refractivity contribution is 0.0690. The first kappa shape index (κ1) is 11.4. The highest BCUT2D eigenvalue weighted by atomic mass is 16.4. The molecule has 2 fully saturated rings. The maximum Gasteiger partial charge on any atom is 0.354 e. The summed E-state index contributed by atoms with van der Waals surface area (Å²) in [7, 11) is 0. The maximum absolute atomic E-state index is 10.8. The number of hydrogen-bond acceptors (Lipinski definition) is 4. The summed E-state index contributed by atoms with van der Waals surface area (Å²) in [5.41, 5.74) is 0.0421. The van der Waals surface area contributed by atoms with Gasteiger partial charge in [0.25, 0.3) is 0 Å². The van der Waals surface area contributed by atoms with Gasteiger partial charge in [-0.05, 0) is 43.1 Å². The second kappa shape index (κ2) is 4.55. The molecular formula is C13H17N3O2. The molecule has 0 radical (unpaired) electrons. The number of nitrogens with zero attached hydrogens (tertiary/aromatic N) is 2. The van der Waals surface area contributed by atoms with E-state index in [1.165, 1.54) is 37.9 Å². The summed E-state index contributed by atoms with van der Waals surface area (Å²) in [4.78, 5) is 18.8. The molecule has 3 atom stereocenters. The van der Waals surface area contributed by atoms with E-state index in [2.05, 4.69) is 15.3 Å². The summed E-state index contributed by atoms with van der Waals surface area (Å²) in [5, 5.41) is 12.0. The minimum absolute atomic E-state index is 0.0421. The van der Waals surface area contributed by atoms with E-state index in [1.54, 1.807) is 0 Å². The third-order valence-corrected chi connectivity index (χ3v) is 4.28. The van der Waals surface area contributed by atoms with Crippen molar-refractivity contribution in [2.24, 2.45) is 17.8 Å². The Hall–Kier alpha value is -1.65. The quantitative estimate of drug-likeness (QED) is 0.851. The highest BCUT2D eigenvalue weighted by Gasteiger charge is 2.39. The average Bonchev–Trinajstić information content (AvgIpc) is 2.99. The van der Waals surface area contributed by atoms with Gasteiger partial charge < -0.3 is 10.4 Å². The molecule has 3 rings (SSSR count). The number of carbonyl (C=O) groups is 1. The van der Waals surface area contributed by atoms with Crippen LogP contribution in [0.4, 0.5) is 5.95 Å². The normalized spacial score (nSPS) is 29.4. The van der Waals surface area contributed by atoms with E-state index < -0.39 is 5.97 Å². The number of rotatable bonds is 4. The smallest absolute Gasteiger partial charge is 0.354 e. The topological polar surface area (TPSA) is 75.1 Å². The van der Waals surface area contributed by atoms with Crippen LogP contribution in [0.3, 0.4) is 0 Å². The molecule has 5 nitrogen and oxygen atoms in total. The number of aromatic carboxylic acids is 1. The zero-order valence-corrected chi connectivity index (χ0v) is 10.2. The molecule has 1 aromatic heterocycles. The first-order valence-corrected chi connectivity index (χ1v) is 6.52. The van der Waals surface area contributed by atoms with Gasteiger partial charge in [0.15, 0.2) is 5.69 Å².